The van der Waals surface area contributed by atoms with Gasteiger partial charge in [0.25, 0.3) is 5.91 Å². The van der Waals surface area contributed by atoms with Crippen LogP contribution in [0.5, 0.6) is 17.2 Å². The minimum Gasteiger partial charge on any atom is -0.484 e. The summed E-state index contributed by atoms with van der Waals surface area (Å²) in [5.41, 5.74) is 1.04. The third-order valence-corrected chi connectivity index (χ3v) is 5.13. The van der Waals surface area contributed by atoms with E-state index >= 15 is 0 Å². The molecule has 3 aromatic carbocycles. The van der Waals surface area contributed by atoms with E-state index in [1.165, 1.54) is 6.26 Å². The molecule has 0 saturated heterocycles. The molecule has 4 rings (SSSR count). The highest BCUT2D eigenvalue weighted by molar-refractivity contribution is 9.10. The van der Waals surface area contributed by atoms with Gasteiger partial charge in [-0.2, -0.15) is 0 Å². The first-order chi connectivity index (χ1) is 15.1. The number of carbonyl (C=O) groups excluding carboxylic acids is 1. The second-order valence-electron chi connectivity index (χ2n) is 6.67. The quantitative estimate of drug-likeness (QED) is 0.401. The number of hydrogen-bond acceptors (Lipinski definition) is 5. The van der Waals surface area contributed by atoms with Crippen LogP contribution < -0.4 is 20.2 Å². The maximum absolute atomic E-state index is 12.7. The largest absolute Gasteiger partial charge is 0.484 e. The summed E-state index contributed by atoms with van der Waals surface area (Å²) in [5.74, 6) is 0.761. The molecule has 6 nitrogen and oxygen atoms in total. The van der Waals surface area contributed by atoms with Crippen molar-refractivity contribution >= 4 is 32.8 Å². The zero-order chi connectivity index (χ0) is 21.6. The molecule has 156 valence electrons. The van der Waals surface area contributed by atoms with Gasteiger partial charge >= 0.3 is 0 Å². The Labute approximate surface area is 186 Å². The van der Waals surface area contributed by atoms with E-state index in [0.29, 0.717) is 29.0 Å². The standard InChI is InChI=1S/C24H18BrNO5/c25-19-8-4-5-9-20(19)31-22-14-30-21-12-17(10-11-18(21)24(22)28)29-15-23(27)26-13-16-6-2-1-3-7-16/h1-12,14H,13,15H2,(H,26,27). The second kappa shape index (κ2) is 9.49. The Balaban J connectivity index is 1.42. The van der Waals surface area contributed by atoms with Gasteiger partial charge in [0.05, 0.1) is 9.86 Å². The molecule has 0 fully saturated rings. The Morgan fingerprint density at radius 2 is 1.74 bits per heavy atom. The fraction of sp³-hybridized carbons (Fsp3) is 0.0833. The van der Waals surface area contributed by atoms with Crippen LogP contribution in [0, 0.1) is 0 Å². The third-order valence-electron chi connectivity index (χ3n) is 4.47. The van der Waals surface area contributed by atoms with Crippen molar-refractivity contribution in [1.29, 1.82) is 0 Å². The Hall–Kier alpha value is -3.58. The van der Waals surface area contributed by atoms with Crippen LogP contribution in [-0.2, 0) is 11.3 Å². The third kappa shape index (κ3) is 5.13. The normalized spacial score (nSPS) is 10.6. The average molecular weight is 480 g/mol. The lowest BCUT2D eigenvalue weighted by Crippen LogP contribution is -2.28. The maximum atomic E-state index is 12.7. The Kier molecular flexibility index (Phi) is 6.33. The summed E-state index contributed by atoms with van der Waals surface area (Å²) in [7, 11) is 0. The number of nitrogens with one attached hydrogen (secondary N) is 1. The van der Waals surface area contributed by atoms with E-state index in [4.69, 9.17) is 13.9 Å². The van der Waals surface area contributed by atoms with Crippen LogP contribution >= 0.6 is 15.9 Å². The van der Waals surface area contributed by atoms with E-state index in [2.05, 4.69) is 21.2 Å². The Bertz CT molecular complexity index is 1270. The zero-order valence-corrected chi connectivity index (χ0v) is 17.9. The first-order valence-electron chi connectivity index (χ1n) is 9.51. The summed E-state index contributed by atoms with van der Waals surface area (Å²) in [6, 6.07) is 21.6. The average Bonchev–Trinajstić information content (AvgIpc) is 2.80. The van der Waals surface area contributed by atoms with Gasteiger partial charge in [0, 0.05) is 12.6 Å². The number of amides is 1. The first kappa shape index (κ1) is 20.7. The molecule has 0 aliphatic rings. The van der Waals surface area contributed by atoms with Crippen molar-refractivity contribution in [1.82, 2.24) is 5.32 Å². The highest BCUT2D eigenvalue weighted by atomic mass is 79.9. The van der Waals surface area contributed by atoms with Crippen molar-refractivity contribution in [3.63, 3.8) is 0 Å². The van der Waals surface area contributed by atoms with Gasteiger partial charge in [0.1, 0.15) is 23.3 Å². The molecule has 0 atom stereocenters. The van der Waals surface area contributed by atoms with Crippen LogP contribution in [0.3, 0.4) is 0 Å². The van der Waals surface area contributed by atoms with Crippen LogP contribution in [0.15, 0.2) is 92.7 Å². The summed E-state index contributed by atoms with van der Waals surface area (Å²) in [6.07, 6.45) is 1.26. The lowest BCUT2D eigenvalue weighted by molar-refractivity contribution is -0.123. The zero-order valence-electron chi connectivity index (χ0n) is 16.3. The first-order valence-corrected chi connectivity index (χ1v) is 10.3. The van der Waals surface area contributed by atoms with E-state index in [0.717, 1.165) is 10.0 Å². The fourth-order valence-electron chi connectivity index (χ4n) is 2.89. The topological polar surface area (TPSA) is 77.8 Å². The van der Waals surface area contributed by atoms with E-state index in [9.17, 15) is 9.59 Å². The minimum absolute atomic E-state index is 0.0772. The van der Waals surface area contributed by atoms with E-state index < -0.39 is 0 Å². The van der Waals surface area contributed by atoms with Crippen molar-refractivity contribution < 1.29 is 18.7 Å². The monoisotopic (exact) mass is 479 g/mol. The molecule has 1 N–H and O–H groups in total. The van der Waals surface area contributed by atoms with Crippen LogP contribution in [-0.4, -0.2) is 12.5 Å². The predicted octanol–water partition coefficient (Wildman–Crippen LogP) is 5.04. The van der Waals surface area contributed by atoms with Crippen molar-refractivity contribution in [3.05, 3.63) is 99.3 Å². The number of benzene rings is 3. The second-order valence-corrected chi connectivity index (χ2v) is 7.52. The molecule has 31 heavy (non-hydrogen) atoms. The van der Waals surface area contributed by atoms with E-state index in [-0.39, 0.29) is 23.7 Å². The molecule has 0 unspecified atom stereocenters. The van der Waals surface area contributed by atoms with Gasteiger partial charge in [-0.05, 0) is 45.8 Å². The summed E-state index contributed by atoms with van der Waals surface area (Å²) in [6.45, 7) is 0.279. The molecule has 0 radical (unpaired) electrons. The van der Waals surface area contributed by atoms with Gasteiger partial charge in [0.2, 0.25) is 11.2 Å². The van der Waals surface area contributed by atoms with E-state index in [1.54, 1.807) is 24.3 Å². The number of para-hydroxylation sites is 1. The fourth-order valence-corrected chi connectivity index (χ4v) is 3.26. The number of fused-ring (bicyclic) bond motifs is 1. The van der Waals surface area contributed by atoms with Gasteiger partial charge in [-0.3, -0.25) is 9.59 Å². The van der Waals surface area contributed by atoms with Crippen molar-refractivity contribution in [2.75, 3.05) is 6.61 Å². The molecule has 1 heterocycles. The summed E-state index contributed by atoms with van der Waals surface area (Å²) in [5, 5.41) is 3.15. The molecule has 0 spiro atoms. The van der Waals surface area contributed by atoms with Gasteiger partial charge in [-0.1, -0.05) is 42.5 Å². The summed E-state index contributed by atoms with van der Waals surface area (Å²) in [4.78, 5) is 24.8. The SMILES string of the molecule is O=C(COc1ccc2c(=O)c(Oc3ccccc3Br)coc2c1)NCc1ccccc1. The summed E-state index contributed by atoms with van der Waals surface area (Å²) >= 11 is 3.38. The number of ether oxygens (including phenoxy) is 2. The van der Waals surface area contributed by atoms with Crippen LogP contribution in [0.25, 0.3) is 11.0 Å². The molecule has 7 heteroatoms. The molecular formula is C24H18BrNO5. The number of rotatable bonds is 7. The maximum Gasteiger partial charge on any atom is 0.258 e. The lowest BCUT2D eigenvalue weighted by atomic mass is 10.2. The van der Waals surface area contributed by atoms with Crippen LogP contribution in [0.1, 0.15) is 5.56 Å². The van der Waals surface area contributed by atoms with Gasteiger partial charge in [-0.25, -0.2) is 0 Å². The number of halogens is 1. The molecule has 0 saturated carbocycles. The smallest absolute Gasteiger partial charge is 0.258 e. The minimum atomic E-state index is -0.302. The highest BCUT2D eigenvalue weighted by Gasteiger charge is 2.12. The molecule has 1 amide bonds. The van der Waals surface area contributed by atoms with Gasteiger partial charge < -0.3 is 19.2 Å². The van der Waals surface area contributed by atoms with Crippen molar-refractivity contribution in [2.45, 2.75) is 6.54 Å². The predicted molar refractivity (Wildman–Crippen MR) is 120 cm³/mol. The molecular weight excluding hydrogens is 462 g/mol. The van der Waals surface area contributed by atoms with Gasteiger partial charge in [0.15, 0.2) is 6.61 Å². The molecule has 4 aromatic rings. The molecule has 0 aliphatic heterocycles. The molecule has 0 aliphatic carbocycles. The van der Waals surface area contributed by atoms with Crippen molar-refractivity contribution in [2.24, 2.45) is 0 Å². The molecule has 1 aromatic heterocycles. The number of carbonyl (C=O) groups is 1. The lowest BCUT2D eigenvalue weighted by Gasteiger charge is -2.09. The van der Waals surface area contributed by atoms with Crippen LogP contribution in [0.4, 0.5) is 0 Å². The molecule has 0 bridgehead atoms. The Morgan fingerprint density at radius 3 is 2.55 bits per heavy atom. The number of hydrogen-bond donors (Lipinski definition) is 1. The van der Waals surface area contributed by atoms with Crippen LogP contribution in [0.2, 0.25) is 0 Å². The van der Waals surface area contributed by atoms with Crippen molar-refractivity contribution in [3.8, 4) is 17.2 Å². The Morgan fingerprint density at radius 1 is 0.968 bits per heavy atom. The highest BCUT2D eigenvalue weighted by Crippen LogP contribution is 2.29. The van der Waals surface area contributed by atoms with E-state index in [1.807, 2.05) is 48.5 Å². The summed E-state index contributed by atoms with van der Waals surface area (Å²) < 4.78 is 17.5. The van der Waals surface area contributed by atoms with Gasteiger partial charge in [-0.15, -0.1) is 0 Å².